The van der Waals surface area contributed by atoms with Crippen LogP contribution in [0.1, 0.15) is 38.2 Å². The number of hydrogen-bond acceptors (Lipinski definition) is 2. The van der Waals surface area contributed by atoms with E-state index in [1.165, 1.54) is 18.2 Å². The third kappa shape index (κ3) is 4.64. The molecule has 0 saturated heterocycles. The number of benzene rings is 1. The lowest BCUT2D eigenvalue weighted by Crippen LogP contribution is -2.35. The molecule has 1 aliphatic rings. The quantitative estimate of drug-likeness (QED) is 0.858. The van der Waals surface area contributed by atoms with E-state index in [9.17, 15) is 13.6 Å². The van der Waals surface area contributed by atoms with Crippen LogP contribution in [0.3, 0.4) is 0 Å². The molecule has 0 bridgehead atoms. The predicted molar refractivity (Wildman–Crippen MR) is 89.5 cm³/mol. The summed E-state index contributed by atoms with van der Waals surface area (Å²) < 4.78 is 27.5. The molecule has 1 aromatic carbocycles. The summed E-state index contributed by atoms with van der Waals surface area (Å²) in [5.41, 5.74) is 6.03. The number of rotatable bonds is 6. The van der Waals surface area contributed by atoms with Gasteiger partial charge in [-0.25, -0.2) is 8.78 Å². The molecule has 1 saturated carbocycles. The van der Waals surface area contributed by atoms with Crippen LogP contribution in [0.5, 0.6) is 0 Å². The van der Waals surface area contributed by atoms with Gasteiger partial charge >= 0.3 is 0 Å². The summed E-state index contributed by atoms with van der Waals surface area (Å²) in [6.45, 7) is 4.66. The molecule has 3 unspecified atom stereocenters. The first-order valence-corrected chi connectivity index (χ1v) is 7.77. The minimum Gasteiger partial charge on any atom is -0.345 e. The molecule has 1 aliphatic carbocycles. The first-order valence-electron chi connectivity index (χ1n) is 7.77. The standard InChI is InChI=1S/C17H24F2N2O.ClH/c1-10(2)15(20)7-8-21(3)17(22)12-9-11(12)16-13(18)5-4-6-14(16)19;/h4-6,10-12,15H,7-9,20H2,1-3H3;1H. The van der Waals surface area contributed by atoms with Gasteiger partial charge in [0.05, 0.1) is 0 Å². The average Bonchev–Trinajstić information content (AvgIpc) is 3.23. The molecule has 0 radical (unpaired) electrons. The van der Waals surface area contributed by atoms with Crippen LogP contribution in [0.4, 0.5) is 8.78 Å². The summed E-state index contributed by atoms with van der Waals surface area (Å²) in [6, 6.07) is 3.87. The zero-order valence-corrected chi connectivity index (χ0v) is 14.6. The molecule has 2 N–H and O–H groups in total. The van der Waals surface area contributed by atoms with Crippen molar-refractivity contribution in [2.75, 3.05) is 13.6 Å². The molecule has 0 aromatic heterocycles. The Kier molecular flexibility index (Phi) is 6.96. The van der Waals surface area contributed by atoms with Gasteiger partial charge < -0.3 is 10.6 Å². The Hall–Kier alpha value is -1.20. The highest BCUT2D eigenvalue weighted by molar-refractivity contribution is 5.85. The van der Waals surface area contributed by atoms with Crippen LogP contribution >= 0.6 is 12.4 Å². The highest BCUT2D eigenvalue weighted by Crippen LogP contribution is 2.49. The molecule has 2 rings (SSSR count). The maximum Gasteiger partial charge on any atom is 0.226 e. The van der Waals surface area contributed by atoms with E-state index < -0.39 is 11.6 Å². The zero-order valence-electron chi connectivity index (χ0n) is 13.8. The Labute approximate surface area is 142 Å². The number of nitrogens with two attached hydrogens (primary N) is 1. The van der Waals surface area contributed by atoms with E-state index in [-0.39, 0.29) is 41.8 Å². The van der Waals surface area contributed by atoms with Gasteiger partial charge in [0.15, 0.2) is 0 Å². The molecular weight excluding hydrogens is 322 g/mol. The molecule has 0 heterocycles. The molecule has 1 fully saturated rings. The first-order chi connectivity index (χ1) is 10.3. The summed E-state index contributed by atoms with van der Waals surface area (Å²) in [5.74, 6) is -1.47. The van der Waals surface area contributed by atoms with Crippen molar-refractivity contribution in [1.82, 2.24) is 4.90 Å². The molecular formula is C17H25ClF2N2O. The van der Waals surface area contributed by atoms with Crippen molar-refractivity contribution in [3.05, 3.63) is 35.4 Å². The van der Waals surface area contributed by atoms with E-state index in [2.05, 4.69) is 0 Å². The van der Waals surface area contributed by atoms with Crippen molar-refractivity contribution >= 4 is 18.3 Å². The monoisotopic (exact) mass is 346 g/mol. The Balaban J connectivity index is 0.00000264. The van der Waals surface area contributed by atoms with Crippen molar-refractivity contribution in [2.24, 2.45) is 17.6 Å². The van der Waals surface area contributed by atoms with Gasteiger partial charge in [-0.15, -0.1) is 12.4 Å². The molecule has 23 heavy (non-hydrogen) atoms. The number of carbonyl (C=O) groups is 1. The Bertz CT molecular complexity index is 533. The summed E-state index contributed by atoms with van der Waals surface area (Å²) >= 11 is 0. The average molecular weight is 347 g/mol. The third-order valence-corrected chi connectivity index (χ3v) is 4.51. The van der Waals surface area contributed by atoms with Gasteiger partial charge in [-0.05, 0) is 30.9 Å². The Morgan fingerprint density at radius 1 is 1.35 bits per heavy atom. The van der Waals surface area contributed by atoms with Crippen LogP contribution in [-0.4, -0.2) is 30.4 Å². The highest BCUT2D eigenvalue weighted by Gasteiger charge is 2.47. The van der Waals surface area contributed by atoms with Crippen molar-refractivity contribution in [2.45, 2.75) is 38.6 Å². The second kappa shape index (κ2) is 8.06. The van der Waals surface area contributed by atoms with Crippen molar-refractivity contribution in [3.63, 3.8) is 0 Å². The Morgan fingerprint density at radius 3 is 2.43 bits per heavy atom. The molecule has 1 aromatic rings. The van der Waals surface area contributed by atoms with E-state index in [4.69, 9.17) is 5.73 Å². The van der Waals surface area contributed by atoms with Crippen molar-refractivity contribution < 1.29 is 13.6 Å². The largest absolute Gasteiger partial charge is 0.345 e. The summed E-state index contributed by atoms with van der Waals surface area (Å²) in [4.78, 5) is 14.0. The van der Waals surface area contributed by atoms with E-state index in [1.807, 2.05) is 13.8 Å². The molecule has 1 amide bonds. The number of nitrogens with zero attached hydrogens (tertiary/aromatic N) is 1. The number of carbonyl (C=O) groups excluding carboxylic acids is 1. The summed E-state index contributed by atoms with van der Waals surface area (Å²) in [7, 11) is 1.72. The fraction of sp³-hybridized carbons (Fsp3) is 0.588. The normalized spacial score (nSPS) is 20.8. The molecule has 3 nitrogen and oxygen atoms in total. The van der Waals surface area contributed by atoms with Crippen molar-refractivity contribution in [1.29, 1.82) is 0 Å². The molecule has 130 valence electrons. The Morgan fingerprint density at radius 2 is 1.91 bits per heavy atom. The van der Waals surface area contributed by atoms with E-state index in [0.717, 1.165) is 6.42 Å². The molecule has 0 spiro atoms. The maximum atomic E-state index is 13.7. The summed E-state index contributed by atoms with van der Waals surface area (Å²) in [5, 5.41) is 0. The first kappa shape index (κ1) is 19.8. The van der Waals surface area contributed by atoms with Crippen LogP contribution in [-0.2, 0) is 4.79 Å². The van der Waals surface area contributed by atoms with Gasteiger partial charge in [-0.1, -0.05) is 19.9 Å². The van der Waals surface area contributed by atoms with Gasteiger partial charge in [-0.3, -0.25) is 4.79 Å². The topological polar surface area (TPSA) is 46.3 Å². The highest BCUT2D eigenvalue weighted by atomic mass is 35.5. The van der Waals surface area contributed by atoms with Gasteiger partial charge in [0, 0.05) is 37.0 Å². The third-order valence-electron chi connectivity index (χ3n) is 4.51. The number of hydrogen-bond donors (Lipinski definition) is 1. The van der Waals surface area contributed by atoms with Crippen LogP contribution in [0.2, 0.25) is 0 Å². The van der Waals surface area contributed by atoms with Crippen LogP contribution < -0.4 is 5.73 Å². The SMILES string of the molecule is CC(C)C(N)CCN(C)C(=O)C1CC1c1c(F)cccc1F.Cl. The van der Waals surface area contributed by atoms with E-state index in [0.29, 0.717) is 18.9 Å². The predicted octanol–water partition coefficient (Wildman–Crippen LogP) is 3.32. The molecule has 6 heteroatoms. The molecule has 0 aliphatic heterocycles. The van der Waals surface area contributed by atoms with Gasteiger partial charge in [0.2, 0.25) is 5.91 Å². The van der Waals surface area contributed by atoms with Gasteiger partial charge in [-0.2, -0.15) is 0 Å². The molecule has 3 atom stereocenters. The van der Waals surface area contributed by atoms with Crippen molar-refractivity contribution in [3.8, 4) is 0 Å². The number of amides is 1. The second-order valence-corrected chi connectivity index (χ2v) is 6.54. The van der Waals surface area contributed by atoms with Crippen LogP contribution in [0, 0.1) is 23.5 Å². The lowest BCUT2D eigenvalue weighted by Gasteiger charge is -2.21. The fourth-order valence-corrected chi connectivity index (χ4v) is 2.72. The number of halogens is 3. The second-order valence-electron chi connectivity index (χ2n) is 6.54. The minimum absolute atomic E-state index is 0. The smallest absolute Gasteiger partial charge is 0.226 e. The van der Waals surface area contributed by atoms with Gasteiger partial charge in [0.25, 0.3) is 0 Å². The van der Waals surface area contributed by atoms with Gasteiger partial charge in [0.1, 0.15) is 11.6 Å². The zero-order chi connectivity index (χ0) is 16.4. The minimum atomic E-state index is -0.565. The van der Waals surface area contributed by atoms with E-state index in [1.54, 1.807) is 11.9 Å². The lowest BCUT2D eigenvalue weighted by molar-refractivity contribution is -0.131. The fourth-order valence-electron chi connectivity index (χ4n) is 2.72. The lowest BCUT2D eigenvalue weighted by atomic mass is 10.0. The van der Waals surface area contributed by atoms with Crippen LogP contribution in [0.15, 0.2) is 18.2 Å². The maximum absolute atomic E-state index is 13.7. The summed E-state index contributed by atoms with van der Waals surface area (Å²) in [6.07, 6.45) is 1.24. The van der Waals surface area contributed by atoms with Crippen LogP contribution in [0.25, 0.3) is 0 Å². The van der Waals surface area contributed by atoms with E-state index >= 15 is 0 Å².